The van der Waals surface area contributed by atoms with Gasteiger partial charge in [-0.1, -0.05) is 200 Å². The standard InChI is InChI=1S/C56H38N2/c1-4-16-39(17-5-1)40-28-32-45(33-29-40)57(55-47-24-12-10-22-43(47)30-35-49(55)41-18-6-2-7-19-41)46-34-37-52-51-26-14-15-27-53(51)58(54(52)38-46)56-48-25-13-11-23-44(48)31-36-50(56)42-20-8-3-9-21-42/h1-38H. The molecular formula is C56H38N2. The van der Waals surface area contributed by atoms with Crippen LogP contribution in [0, 0.1) is 0 Å². The molecule has 58 heavy (non-hydrogen) atoms. The Morgan fingerprint density at radius 1 is 0.293 bits per heavy atom. The van der Waals surface area contributed by atoms with Gasteiger partial charge in [0.15, 0.2) is 0 Å². The molecule has 0 aliphatic heterocycles. The summed E-state index contributed by atoms with van der Waals surface area (Å²) in [5, 5.41) is 7.25. The van der Waals surface area contributed by atoms with E-state index in [0.717, 1.165) is 22.6 Å². The minimum Gasteiger partial charge on any atom is -0.309 e. The molecule has 272 valence electrons. The van der Waals surface area contributed by atoms with Crippen LogP contribution in [0.15, 0.2) is 231 Å². The molecule has 0 unspecified atom stereocenters. The maximum absolute atomic E-state index is 2.51. The molecule has 2 heteroatoms. The first-order valence-electron chi connectivity index (χ1n) is 19.9. The second kappa shape index (κ2) is 14.1. The molecule has 0 aliphatic rings. The summed E-state index contributed by atoms with van der Waals surface area (Å²) in [4.78, 5) is 2.47. The first kappa shape index (κ1) is 33.6. The minimum absolute atomic E-state index is 1.08. The smallest absolute Gasteiger partial charge is 0.0618 e. The summed E-state index contributed by atoms with van der Waals surface area (Å²) in [5.74, 6) is 0. The predicted molar refractivity (Wildman–Crippen MR) is 247 cm³/mol. The van der Waals surface area contributed by atoms with Gasteiger partial charge in [0.25, 0.3) is 0 Å². The summed E-state index contributed by atoms with van der Waals surface area (Å²) in [6.45, 7) is 0. The molecule has 11 rings (SSSR count). The minimum atomic E-state index is 1.08. The van der Waals surface area contributed by atoms with Crippen LogP contribution in [0.4, 0.5) is 17.1 Å². The fraction of sp³-hybridized carbons (Fsp3) is 0. The van der Waals surface area contributed by atoms with Gasteiger partial charge >= 0.3 is 0 Å². The van der Waals surface area contributed by atoms with Gasteiger partial charge in [-0.25, -0.2) is 0 Å². The second-order valence-corrected chi connectivity index (χ2v) is 14.9. The van der Waals surface area contributed by atoms with Crippen LogP contribution in [0.1, 0.15) is 0 Å². The van der Waals surface area contributed by atoms with Crippen molar-refractivity contribution in [3.05, 3.63) is 231 Å². The first-order valence-corrected chi connectivity index (χ1v) is 19.9. The van der Waals surface area contributed by atoms with Gasteiger partial charge in [0.05, 0.1) is 22.4 Å². The number of benzene rings is 10. The van der Waals surface area contributed by atoms with E-state index in [9.17, 15) is 0 Å². The Balaban J connectivity index is 1.23. The van der Waals surface area contributed by atoms with Gasteiger partial charge in [0.1, 0.15) is 0 Å². The molecule has 10 aromatic carbocycles. The highest BCUT2D eigenvalue weighted by Crippen LogP contribution is 2.47. The highest BCUT2D eigenvalue weighted by molar-refractivity contribution is 6.14. The maximum atomic E-state index is 2.51. The van der Waals surface area contributed by atoms with E-state index in [0.29, 0.717) is 0 Å². The van der Waals surface area contributed by atoms with Crippen LogP contribution in [0.5, 0.6) is 0 Å². The Labute approximate surface area is 338 Å². The number of rotatable bonds is 7. The van der Waals surface area contributed by atoms with E-state index in [1.54, 1.807) is 0 Å². The number of aromatic nitrogens is 1. The number of para-hydroxylation sites is 1. The number of hydrogen-bond donors (Lipinski definition) is 0. The van der Waals surface area contributed by atoms with Gasteiger partial charge in [-0.05, 0) is 63.4 Å². The lowest BCUT2D eigenvalue weighted by atomic mass is 9.96. The third kappa shape index (κ3) is 5.66. The van der Waals surface area contributed by atoms with Gasteiger partial charge in [0.2, 0.25) is 0 Å². The number of hydrogen-bond acceptors (Lipinski definition) is 1. The number of fused-ring (bicyclic) bond motifs is 5. The summed E-state index contributed by atoms with van der Waals surface area (Å²) in [5.41, 5.74) is 13.9. The monoisotopic (exact) mass is 738 g/mol. The molecular weight excluding hydrogens is 701 g/mol. The normalized spacial score (nSPS) is 11.4. The molecule has 0 bridgehead atoms. The van der Waals surface area contributed by atoms with E-state index in [-0.39, 0.29) is 0 Å². The van der Waals surface area contributed by atoms with Crippen molar-refractivity contribution in [2.45, 2.75) is 0 Å². The Morgan fingerprint density at radius 2 is 0.776 bits per heavy atom. The lowest BCUT2D eigenvalue weighted by molar-refractivity contribution is 1.19. The summed E-state index contributed by atoms with van der Waals surface area (Å²) >= 11 is 0. The van der Waals surface area contributed by atoms with Gasteiger partial charge in [-0.15, -0.1) is 0 Å². The predicted octanol–water partition coefficient (Wildman–Crippen LogP) is 15.6. The van der Waals surface area contributed by atoms with Crippen molar-refractivity contribution in [3.63, 3.8) is 0 Å². The van der Waals surface area contributed by atoms with Crippen molar-refractivity contribution in [2.75, 3.05) is 4.90 Å². The van der Waals surface area contributed by atoms with E-state index in [2.05, 4.69) is 240 Å². The fourth-order valence-corrected chi connectivity index (χ4v) is 8.87. The van der Waals surface area contributed by atoms with Gasteiger partial charge < -0.3 is 9.47 Å². The van der Waals surface area contributed by atoms with Crippen molar-refractivity contribution in [3.8, 4) is 39.1 Å². The van der Waals surface area contributed by atoms with Crippen LogP contribution in [-0.4, -0.2) is 4.57 Å². The van der Waals surface area contributed by atoms with Crippen molar-refractivity contribution in [2.24, 2.45) is 0 Å². The van der Waals surface area contributed by atoms with Gasteiger partial charge in [-0.3, -0.25) is 0 Å². The first-order chi connectivity index (χ1) is 28.8. The Morgan fingerprint density at radius 3 is 1.47 bits per heavy atom. The summed E-state index contributed by atoms with van der Waals surface area (Å²) < 4.78 is 2.51. The van der Waals surface area contributed by atoms with Gasteiger partial charge in [-0.2, -0.15) is 0 Å². The van der Waals surface area contributed by atoms with E-state index >= 15 is 0 Å². The molecule has 0 radical (unpaired) electrons. The molecule has 0 atom stereocenters. The average molecular weight is 739 g/mol. The molecule has 0 amide bonds. The van der Waals surface area contributed by atoms with Crippen molar-refractivity contribution < 1.29 is 0 Å². The zero-order valence-corrected chi connectivity index (χ0v) is 31.8. The second-order valence-electron chi connectivity index (χ2n) is 14.9. The fourth-order valence-electron chi connectivity index (χ4n) is 8.87. The summed E-state index contributed by atoms with van der Waals surface area (Å²) in [6.07, 6.45) is 0. The molecule has 0 spiro atoms. The summed E-state index contributed by atoms with van der Waals surface area (Å²) in [6, 6.07) is 83.8. The third-order valence-electron chi connectivity index (χ3n) is 11.6. The zero-order chi connectivity index (χ0) is 38.4. The highest BCUT2D eigenvalue weighted by Gasteiger charge is 2.24. The molecule has 1 heterocycles. The van der Waals surface area contributed by atoms with Crippen LogP contribution >= 0.6 is 0 Å². The van der Waals surface area contributed by atoms with Crippen molar-refractivity contribution in [1.29, 1.82) is 0 Å². The molecule has 0 aliphatic carbocycles. The van der Waals surface area contributed by atoms with Crippen LogP contribution < -0.4 is 4.90 Å². The molecule has 2 nitrogen and oxygen atoms in total. The van der Waals surface area contributed by atoms with E-state index in [4.69, 9.17) is 0 Å². The topological polar surface area (TPSA) is 8.17 Å². The van der Waals surface area contributed by atoms with Crippen LogP contribution in [0.25, 0.3) is 82.4 Å². The molecule has 0 saturated heterocycles. The SMILES string of the molecule is c1ccc(-c2ccc(N(c3ccc4c5ccccc5n(-c5c(-c6ccccc6)ccc6ccccc56)c4c3)c3c(-c4ccccc4)ccc4ccccc34)cc2)cc1. The van der Waals surface area contributed by atoms with Crippen LogP contribution in [0.3, 0.4) is 0 Å². The number of anilines is 3. The van der Waals surface area contributed by atoms with Crippen molar-refractivity contribution >= 4 is 60.4 Å². The summed E-state index contributed by atoms with van der Waals surface area (Å²) in [7, 11) is 0. The molecule has 0 fully saturated rings. The van der Waals surface area contributed by atoms with Crippen molar-refractivity contribution in [1.82, 2.24) is 4.57 Å². The maximum Gasteiger partial charge on any atom is 0.0618 e. The van der Waals surface area contributed by atoms with Crippen LogP contribution in [-0.2, 0) is 0 Å². The largest absolute Gasteiger partial charge is 0.309 e. The average Bonchev–Trinajstić information content (AvgIpc) is 3.63. The highest BCUT2D eigenvalue weighted by atomic mass is 15.1. The van der Waals surface area contributed by atoms with E-state index < -0.39 is 0 Å². The lowest BCUT2D eigenvalue weighted by Crippen LogP contribution is -2.12. The Hall–Kier alpha value is -7.68. The quantitative estimate of drug-likeness (QED) is 0.158. The van der Waals surface area contributed by atoms with E-state index in [1.807, 2.05) is 0 Å². The molecule has 1 aromatic heterocycles. The molecule has 0 saturated carbocycles. The lowest BCUT2D eigenvalue weighted by Gasteiger charge is -2.30. The molecule has 11 aromatic rings. The Kier molecular flexibility index (Phi) is 8.19. The third-order valence-corrected chi connectivity index (χ3v) is 11.6. The number of nitrogens with zero attached hydrogens (tertiary/aromatic N) is 2. The van der Waals surface area contributed by atoms with E-state index in [1.165, 1.54) is 76.9 Å². The molecule has 0 N–H and O–H groups in total. The Bertz CT molecular complexity index is 3250. The zero-order valence-electron chi connectivity index (χ0n) is 31.8. The van der Waals surface area contributed by atoms with Crippen LogP contribution in [0.2, 0.25) is 0 Å². The van der Waals surface area contributed by atoms with Gasteiger partial charge in [0, 0.05) is 44.0 Å².